The van der Waals surface area contributed by atoms with Crippen LogP contribution in [-0.4, -0.2) is 182 Å². The number of thioether (sulfide) groups is 1. The third kappa shape index (κ3) is 17.8. The number of primary amides is 4. The van der Waals surface area contributed by atoms with Gasteiger partial charge < -0.3 is 61.9 Å². The standard InChI is InChI=1S/C19H23N3O5S.C19H23N3O3S.C18H22N4O3.C17H20N2O4S/c1-3-17(23)22-8-4-5-13(11-22)28(25,26)19-14-10-16(27-2)15(18(20)24)9-12(14)6-7-21-19;1-3-17(23)22-8-4-5-13(11-22)26-19-14-10-16(25-2)15(18(20)24)9-12(14)6-7-21-19;1-3-16(23)22-7-5-12(10-22)21-18-13-9-15(25-2)14(17(19)24)8-11(13)4-6-20-18;1-23-15-10-13-11(9-14(15)16(18)20)7-8-19-17(13)24(21,22)12-5-3-2-4-6-12/h6-7,9-10,13H,3-5,8,11H2,1-2H3,(H2,20,24);6-7,9-10,13H,3-5,8,11H2,1-2H3,(H2,20,24);4,6,8-9,12H,3,5,7,10H2,1-2H3,(H2,19,24)(H,20,21);7-10,12H,2-6H2,1H3,(H2,18,20)/t2*13-;12-;/m111./s1. The number of anilines is 1. The summed E-state index contributed by atoms with van der Waals surface area (Å²) < 4.78 is 73.8. The van der Waals surface area contributed by atoms with Crippen LogP contribution in [0.4, 0.5) is 5.82 Å². The minimum absolute atomic E-state index is 0.0567. The van der Waals surface area contributed by atoms with E-state index in [2.05, 4.69) is 25.3 Å². The Morgan fingerprint density at radius 3 is 1.28 bits per heavy atom. The Kier molecular flexibility index (Phi) is 25.8. The number of hydrogen-bond acceptors (Lipinski definition) is 21. The number of fused-ring (bicyclic) bond motifs is 4. The molecular weight excluding hydrogens is 1380 g/mol. The molecule has 0 bridgehead atoms. The minimum atomic E-state index is -3.80. The molecule has 3 aliphatic heterocycles. The summed E-state index contributed by atoms with van der Waals surface area (Å²) >= 11 is 1.68. The van der Waals surface area contributed by atoms with E-state index in [1.54, 1.807) is 72.4 Å². The van der Waals surface area contributed by atoms with Gasteiger partial charge in [0.2, 0.25) is 27.6 Å². The monoisotopic (exact) mass is 1470 g/mol. The van der Waals surface area contributed by atoms with Crippen LogP contribution in [0, 0.1) is 0 Å². The number of methoxy groups -OCH3 is 4. The zero-order valence-electron chi connectivity index (χ0n) is 58.8. The maximum absolute atomic E-state index is 13.3. The first-order chi connectivity index (χ1) is 49.3. The molecule has 9 N–H and O–H groups in total. The Morgan fingerprint density at radius 2 is 0.825 bits per heavy atom. The normalized spacial score (nSPS) is 17.0. The summed E-state index contributed by atoms with van der Waals surface area (Å²) in [4.78, 5) is 105. The molecule has 4 aliphatic rings. The predicted molar refractivity (Wildman–Crippen MR) is 393 cm³/mol. The van der Waals surface area contributed by atoms with E-state index in [9.17, 15) is 50.4 Å². The second kappa shape index (κ2) is 34.4. The van der Waals surface area contributed by atoms with Gasteiger partial charge in [-0.2, -0.15) is 0 Å². The second-order valence-electron chi connectivity index (χ2n) is 25.3. The number of pyridine rings is 4. The van der Waals surface area contributed by atoms with E-state index in [0.717, 1.165) is 84.7 Å². The van der Waals surface area contributed by atoms with E-state index in [-0.39, 0.29) is 63.0 Å². The highest BCUT2D eigenvalue weighted by Crippen LogP contribution is 2.39. The van der Waals surface area contributed by atoms with Gasteiger partial charge in [0.1, 0.15) is 33.8 Å². The number of carbonyl (C=O) groups is 7. The summed E-state index contributed by atoms with van der Waals surface area (Å²) in [6.07, 6.45) is 15.9. The number of likely N-dealkylation sites (tertiary alicyclic amines) is 3. The first kappa shape index (κ1) is 77.2. The fourth-order valence-electron chi connectivity index (χ4n) is 13.3. The van der Waals surface area contributed by atoms with Crippen LogP contribution in [-0.2, 0) is 34.1 Å². The molecule has 7 heterocycles. The van der Waals surface area contributed by atoms with Crippen molar-refractivity contribution in [1.29, 1.82) is 0 Å². The van der Waals surface area contributed by atoms with Gasteiger partial charge in [-0.3, -0.25) is 33.6 Å². The van der Waals surface area contributed by atoms with Crippen molar-refractivity contribution >= 4 is 122 Å². The van der Waals surface area contributed by atoms with E-state index in [1.165, 1.54) is 59.0 Å². The van der Waals surface area contributed by atoms with E-state index in [4.69, 9.17) is 41.9 Å². The van der Waals surface area contributed by atoms with Crippen LogP contribution in [0.15, 0.2) is 113 Å². The highest BCUT2D eigenvalue weighted by atomic mass is 32.2. The molecule has 103 heavy (non-hydrogen) atoms. The fourth-order valence-corrected chi connectivity index (χ4v) is 18.4. The fraction of sp³-hybridized carbons (Fsp3) is 0.411. The molecule has 4 fully saturated rings. The smallest absolute Gasteiger partial charge is 0.252 e. The lowest BCUT2D eigenvalue weighted by molar-refractivity contribution is -0.132. The number of amides is 7. The third-order valence-corrected chi connectivity index (χ3v) is 24.4. The summed E-state index contributed by atoms with van der Waals surface area (Å²) in [5, 5.41) is 8.96. The van der Waals surface area contributed by atoms with Gasteiger partial charge in [-0.05, 0) is 139 Å². The van der Waals surface area contributed by atoms with Crippen molar-refractivity contribution in [3.63, 3.8) is 0 Å². The number of benzene rings is 4. The van der Waals surface area contributed by atoms with Gasteiger partial charge in [-0.25, -0.2) is 36.8 Å². The van der Waals surface area contributed by atoms with Crippen LogP contribution in [0.3, 0.4) is 0 Å². The van der Waals surface area contributed by atoms with Crippen LogP contribution < -0.4 is 47.2 Å². The molecule has 3 atom stereocenters. The summed E-state index contributed by atoms with van der Waals surface area (Å²) in [6, 6.07) is 20.3. The van der Waals surface area contributed by atoms with E-state index >= 15 is 0 Å². The van der Waals surface area contributed by atoms with Crippen LogP contribution in [0.25, 0.3) is 43.1 Å². The first-order valence-corrected chi connectivity index (χ1v) is 38.1. The predicted octanol–water partition coefficient (Wildman–Crippen LogP) is 8.57. The van der Waals surface area contributed by atoms with Crippen molar-refractivity contribution in [2.24, 2.45) is 22.9 Å². The number of nitrogens with zero attached hydrogens (tertiary/aromatic N) is 7. The SMILES string of the molecule is CCC(=O)N1CCC[C@@H](S(=O)(=O)c2nccc3cc(C(N)=O)c(OC)cc23)C1.CCC(=O)N1CCC[C@@H](Sc2nccc3cc(C(N)=O)c(OC)cc23)C1.CCC(=O)N1CC[C@@H](Nc2nccc3cc(C(N)=O)c(OC)cc23)C1.COc1cc2c(S(=O)(=O)C3CCCCC3)nccc2cc1C(N)=O. The molecule has 4 aromatic heterocycles. The third-order valence-electron chi connectivity index (χ3n) is 18.8. The summed E-state index contributed by atoms with van der Waals surface area (Å²) in [5.74, 6) is 0.00199. The van der Waals surface area contributed by atoms with Gasteiger partial charge in [0, 0.05) is 116 Å². The van der Waals surface area contributed by atoms with E-state index < -0.39 is 53.8 Å². The highest BCUT2D eigenvalue weighted by Gasteiger charge is 2.37. The molecule has 4 aromatic carbocycles. The Hall–Kier alpha value is -9.94. The lowest BCUT2D eigenvalue weighted by Gasteiger charge is -2.32. The molecule has 3 saturated heterocycles. The summed E-state index contributed by atoms with van der Waals surface area (Å²) in [7, 11) is -1.51. The number of nitrogens with one attached hydrogen (secondary N) is 1. The average molecular weight is 1470 g/mol. The van der Waals surface area contributed by atoms with Crippen LogP contribution in [0.1, 0.15) is 146 Å². The van der Waals surface area contributed by atoms with Crippen molar-refractivity contribution in [2.75, 3.05) is 73.0 Å². The number of ether oxygens (including phenoxy) is 4. The number of rotatable bonds is 19. The number of piperidine rings is 2. The maximum Gasteiger partial charge on any atom is 0.252 e. The van der Waals surface area contributed by atoms with Gasteiger partial charge in [-0.15, -0.1) is 11.8 Å². The van der Waals surface area contributed by atoms with Crippen molar-refractivity contribution in [3.8, 4) is 23.0 Å². The van der Waals surface area contributed by atoms with E-state index in [0.29, 0.717) is 113 Å². The Morgan fingerprint density at radius 1 is 0.447 bits per heavy atom. The molecule has 8 aromatic rings. The van der Waals surface area contributed by atoms with Gasteiger partial charge >= 0.3 is 0 Å². The van der Waals surface area contributed by atoms with Crippen LogP contribution >= 0.6 is 11.8 Å². The van der Waals surface area contributed by atoms with Crippen molar-refractivity contribution < 1.29 is 69.3 Å². The molecule has 0 spiro atoms. The van der Waals surface area contributed by atoms with Crippen molar-refractivity contribution in [2.45, 2.75) is 141 Å². The molecule has 12 rings (SSSR count). The van der Waals surface area contributed by atoms with Gasteiger partial charge in [0.25, 0.3) is 23.6 Å². The molecule has 1 aliphatic carbocycles. The Bertz CT molecular complexity index is 4770. The average Bonchev–Trinajstić information content (AvgIpc) is 1.13. The topological polar surface area (TPSA) is 402 Å². The number of carbonyl (C=O) groups excluding carboxylic acids is 7. The molecule has 30 heteroatoms. The quantitative estimate of drug-likeness (QED) is 0.0506. The lowest BCUT2D eigenvalue weighted by atomic mass is 10.0. The van der Waals surface area contributed by atoms with Gasteiger partial charge in [0.05, 0.1) is 61.2 Å². The largest absolute Gasteiger partial charge is 0.496 e. The molecule has 0 radical (unpaired) electrons. The molecule has 7 amide bonds. The van der Waals surface area contributed by atoms with Gasteiger partial charge in [-0.1, -0.05) is 40.0 Å². The Labute approximate surface area is 602 Å². The molecule has 1 saturated carbocycles. The molecule has 27 nitrogen and oxygen atoms in total. The Balaban J connectivity index is 0.000000160. The lowest BCUT2D eigenvalue weighted by Crippen LogP contribution is -2.45. The minimum Gasteiger partial charge on any atom is -0.496 e. The second-order valence-corrected chi connectivity index (χ2v) is 30.8. The van der Waals surface area contributed by atoms with Crippen LogP contribution in [0.2, 0.25) is 0 Å². The van der Waals surface area contributed by atoms with E-state index in [1.807, 2.05) is 41.8 Å². The van der Waals surface area contributed by atoms with Crippen molar-refractivity contribution in [3.05, 3.63) is 120 Å². The number of aromatic nitrogens is 4. The van der Waals surface area contributed by atoms with Gasteiger partial charge in [0.15, 0.2) is 19.9 Å². The zero-order chi connectivity index (χ0) is 74.4. The van der Waals surface area contributed by atoms with Crippen molar-refractivity contribution in [1.82, 2.24) is 34.6 Å². The number of sulfone groups is 2. The number of hydrogen-bond donors (Lipinski definition) is 5. The van der Waals surface area contributed by atoms with Crippen LogP contribution in [0.5, 0.6) is 23.0 Å². The first-order valence-electron chi connectivity index (χ1n) is 34.1. The molecular formula is C73H88N12O15S3. The molecule has 548 valence electrons. The highest BCUT2D eigenvalue weighted by molar-refractivity contribution is 8.00. The number of nitrogens with two attached hydrogens (primary N) is 4. The summed E-state index contributed by atoms with van der Waals surface area (Å²) in [5.41, 5.74) is 22.7. The molecule has 0 unspecified atom stereocenters. The maximum atomic E-state index is 13.3. The summed E-state index contributed by atoms with van der Waals surface area (Å²) in [6.45, 7) is 9.25. The zero-order valence-corrected chi connectivity index (χ0v) is 61.2.